The van der Waals surface area contributed by atoms with Gasteiger partial charge in [-0.05, 0) is 26.0 Å². The van der Waals surface area contributed by atoms with Crippen LogP contribution >= 0.6 is 11.6 Å². The van der Waals surface area contributed by atoms with Crippen LogP contribution in [-0.4, -0.2) is 4.87 Å². The van der Waals surface area contributed by atoms with Gasteiger partial charge >= 0.3 is 0 Å². The van der Waals surface area contributed by atoms with Gasteiger partial charge in [-0.25, -0.2) is 0 Å². The van der Waals surface area contributed by atoms with E-state index in [1.807, 2.05) is 6.92 Å². The first kappa shape index (κ1) is 4.50. The van der Waals surface area contributed by atoms with Crippen molar-refractivity contribution in [3.63, 3.8) is 0 Å². The van der Waals surface area contributed by atoms with Gasteiger partial charge in [-0.2, -0.15) is 0 Å². The van der Waals surface area contributed by atoms with Crippen molar-refractivity contribution in [2.75, 3.05) is 0 Å². The van der Waals surface area contributed by atoms with E-state index in [0.29, 0.717) is 12.3 Å². The highest BCUT2D eigenvalue weighted by Crippen LogP contribution is 2.22. The molecular formula is C10H21Cl. The second-order valence-electron chi connectivity index (χ2n) is 3.21. The molecule has 0 aliphatic rings. The Morgan fingerprint density at radius 1 is 1.55 bits per heavy atom. The number of alkyl halides is 1. The van der Waals surface area contributed by atoms with Gasteiger partial charge in [-0.3, -0.25) is 0 Å². The van der Waals surface area contributed by atoms with Gasteiger partial charge < -0.3 is 0 Å². The second kappa shape index (κ2) is 5.03. The van der Waals surface area contributed by atoms with Gasteiger partial charge in [0.15, 0.2) is 0 Å². The van der Waals surface area contributed by atoms with Crippen molar-refractivity contribution in [1.29, 1.82) is 0 Å². The zero-order chi connectivity index (χ0) is 13.9. The van der Waals surface area contributed by atoms with Crippen molar-refractivity contribution < 1.29 is 8.22 Å². The van der Waals surface area contributed by atoms with E-state index in [4.69, 9.17) is 19.8 Å². The molecule has 0 bridgehead atoms. The van der Waals surface area contributed by atoms with Gasteiger partial charge in [0.05, 0.1) is 0 Å². The molecule has 0 heterocycles. The van der Waals surface area contributed by atoms with Crippen LogP contribution in [0.15, 0.2) is 0 Å². The van der Waals surface area contributed by atoms with Gasteiger partial charge in [0, 0.05) is 13.1 Å². The van der Waals surface area contributed by atoms with E-state index >= 15 is 0 Å². The van der Waals surface area contributed by atoms with Crippen LogP contribution in [0, 0.1) is 5.92 Å². The first-order valence-electron chi connectivity index (χ1n) is 7.14. The van der Waals surface area contributed by atoms with Crippen LogP contribution in [0.2, 0.25) is 0 Å². The molecule has 0 nitrogen and oxygen atoms in total. The third-order valence-corrected chi connectivity index (χ3v) is 2.10. The minimum atomic E-state index is -2.67. The number of hydrogen-bond donors (Lipinski definition) is 0. The minimum absolute atomic E-state index is 0.00804. The fraction of sp³-hybridized carbons (Fsp3) is 1.00. The summed E-state index contributed by atoms with van der Waals surface area (Å²) in [7, 11) is 0. The van der Waals surface area contributed by atoms with Gasteiger partial charge in [-0.15, -0.1) is 11.6 Å². The predicted molar refractivity (Wildman–Crippen MR) is 53.2 cm³/mol. The SMILES string of the molecule is [2H]C([2H])([2H])C(Cl)(CCCC(C)CC)C([2H])([2H])[2H]. The molecule has 0 amide bonds. The van der Waals surface area contributed by atoms with E-state index in [0.717, 1.165) is 12.8 Å². The van der Waals surface area contributed by atoms with E-state index in [-0.39, 0.29) is 6.42 Å². The molecule has 0 N–H and O–H groups in total. The molecule has 1 heteroatoms. The predicted octanol–water partition coefficient (Wildman–Crippen LogP) is 4.22. The monoisotopic (exact) mass is 182 g/mol. The summed E-state index contributed by atoms with van der Waals surface area (Å²) in [6.07, 6.45) is 2.31. The summed E-state index contributed by atoms with van der Waals surface area (Å²) in [6.45, 7) is -1.24. The molecule has 0 saturated carbocycles. The fourth-order valence-corrected chi connectivity index (χ4v) is 1.03. The molecule has 1 unspecified atom stereocenters. The molecule has 68 valence electrons. The van der Waals surface area contributed by atoms with Gasteiger partial charge in [0.1, 0.15) is 0 Å². The normalized spacial score (nSPS) is 25.4. The number of halogens is 1. The lowest BCUT2D eigenvalue weighted by Crippen LogP contribution is -2.09. The third-order valence-electron chi connectivity index (χ3n) is 1.92. The molecule has 0 saturated heterocycles. The van der Waals surface area contributed by atoms with Gasteiger partial charge in [0.2, 0.25) is 0 Å². The summed E-state index contributed by atoms with van der Waals surface area (Å²) in [6, 6.07) is 0. The molecule has 1 atom stereocenters. The first-order valence-corrected chi connectivity index (χ1v) is 4.52. The highest BCUT2D eigenvalue weighted by Gasteiger charge is 2.12. The van der Waals surface area contributed by atoms with Crippen molar-refractivity contribution in [3.8, 4) is 0 Å². The molecule has 0 aromatic rings. The quantitative estimate of drug-likeness (QED) is 0.559. The molecule has 0 aliphatic heterocycles. The molecule has 0 aromatic heterocycles. The van der Waals surface area contributed by atoms with Crippen LogP contribution in [0.3, 0.4) is 0 Å². The molecule has 0 spiro atoms. The van der Waals surface area contributed by atoms with Gasteiger partial charge in [0.25, 0.3) is 0 Å². The summed E-state index contributed by atoms with van der Waals surface area (Å²) in [5.74, 6) is 0.462. The maximum Gasteiger partial charge on any atom is 0.0390 e. The third kappa shape index (κ3) is 8.19. The summed E-state index contributed by atoms with van der Waals surface area (Å²) < 4.78 is 43.9. The Labute approximate surface area is 84.8 Å². The van der Waals surface area contributed by atoms with E-state index in [9.17, 15) is 0 Å². The Kier molecular flexibility index (Phi) is 2.06. The highest BCUT2D eigenvalue weighted by molar-refractivity contribution is 6.23. The standard InChI is InChI=1S/C10H21Cl/c1-5-9(2)7-6-8-10(3,4)11/h9H,5-8H2,1-4H3/i3D3,4D3. The Morgan fingerprint density at radius 3 is 2.64 bits per heavy atom. The second-order valence-corrected chi connectivity index (χ2v) is 3.85. The van der Waals surface area contributed by atoms with Crippen molar-refractivity contribution in [2.45, 2.75) is 58.1 Å². The number of hydrogen-bond acceptors (Lipinski definition) is 0. The summed E-state index contributed by atoms with van der Waals surface area (Å²) in [4.78, 5) is -2.12. The van der Waals surface area contributed by atoms with Crippen LogP contribution in [0.5, 0.6) is 0 Å². The Morgan fingerprint density at radius 2 is 2.18 bits per heavy atom. The van der Waals surface area contributed by atoms with Gasteiger partial charge in [-0.1, -0.05) is 33.1 Å². The molecule has 0 aliphatic carbocycles. The molecule has 0 rings (SSSR count). The van der Waals surface area contributed by atoms with Crippen molar-refractivity contribution in [2.24, 2.45) is 5.92 Å². The van der Waals surface area contributed by atoms with Crippen molar-refractivity contribution >= 4 is 11.6 Å². The zero-order valence-electron chi connectivity index (χ0n) is 13.3. The van der Waals surface area contributed by atoms with Crippen LogP contribution in [-0.2, 0) is 0 Å². The zero-order valence-corrected chi connectivity index (χ0v) is 8.04. The number of rotatable bonds is 5. The molecular weight excluding hydrogens is 156 g/mol. The first-order chi connectivity index (χ1) is 7.45. The lowest BCUT2D eigenvalue weighted by molar-refractivity contribution is 0.460. The Bertz CT molecular complexity index is 218. The highest BCUT2D eigenvalue weighted by atomic mass is 35.5. The van der Waals surface area contributed by atoms with E-state index in [1.165, 1.54) is 0 Å². The Balaban J connectivity index is 4.65. The molecule has 0 aromatic carbocycles. The topological polar surface area (TPSA) is 0 Å². The summed E-state index contributed by atoms with van der Waals surface area (Å²) >= 11 is 5.89. The molecule has 0 radical (unpaired) electrons. The Hall–Kier alpha value is 0.290. The molecule has 0 fully saturated rings. The maximum atomic E-state index is 7.31. The lowest BCUT2D eigenvalue weighted by atomic mass is 9.98. The largest absolute Gasteiger partial charge is 0.120 e. The van der Waals surface area contributed by atoms with Crippen LogP contribution < -0.4 is 0 Å². The lowest BCUT2D eigenvalue weighted by Gasteiger charge is -2.16. The summed E-state index contributed by atoms with van der Waals surface area (Å²) in [5, 5.41) is 0. The van der Waals surface area contributed by atoms with E-state index in [2.05, 4.69) is 6.92 Å². The van der Waals surface area contributed by atoms with E-state index in [1.54, 1.807) is 0 Å². The average Bonchev–Trinajstić information content (AvgIpc) is 2.13. The van der Waals surface area contributed by atoms with Crippen LogP contribution in [0.4, 0.5) is 0 Å². The van der Waals surface area contributed by atoms with Crippen molar-refractivity contribution in [3.05, 3.63) is 0 Å². The van der Waals surface area contributed by atoms with Crippen molar-refractivity contribution in [1.82, 2.24) is 0 Å². The molecule has 11 heavy (non-hydrogen) atoms. The van der Waals surface area contributed by atoms with Crippen LogP contribution in [0.1, 0.15) is 61.5 Å². The summed E-state index contributed by atoms with van der Waals surface area (Å²) in [5.41, 5.74) is 0. The van der Waals surface area contributed by atoms with Crippen LogP contribution in [0.25, 0.3) is 0 Å². The fourth-order valence-electron chi connectivity index (χ4n) is 0.898. The maximum absolute atomic E-state index is 7.31. The van der Waals surface area contributed by atoms with E-state index < -0.39 is 18.6 Å². The average molecular weight is 183 g/mol. The minimum Gasteiger partial charge on any atom is -0.120 e. The smallest absolute Gasteiger partial charge is 0.0390 e.